The molecule has 102 valence electrons. The smallest absolute Gasteiger partial charge is 0.167 e. The van der Waals surface area contributed by atoms with Gasteiger partial charge in [-0.3, -0.25) is 4.79 Å². The van der Waals surface area contributed by atoms with Gasteiger partial charge in [0.15, 0.2) is 5.78 Å². The van der Waals surface area contributed by atoms with E-state index in [2.05, 4.69) is 0 Å². The van der Waals surface area contributed by atoms with Gasteiger partial charge in [-0.05, 0) is 41.5 Å². The van der Waals surface area contributed by atoms with Crippen molar-refractivity contribution in [1.29, 1.82) is 0 Å². The van der Waals surface area contributed by atoms with Gasteiger partial charge in [-0.15, -0.1) is 0 Å². The molecule has 4 heteroatoms. The summed E-state index contributed by atoms with van der Waals surface area (Å²) < 4.78 is 19.1. The van der Waals surface area contributed by atoms with Gasteiger partial charge in [0.2, 0.25) is 0 Å². The first-order valence-electron chi connectivity index (χ1n) is 6.36. The third-order valence-electron chi connectivity index (χ3n) is 3.38. The summed E-state index contributed by atoms with van der Waals surface area (Å²) >= 11 is 5.70. The summed E-state index contributed by atoms with van der Waals surface area (Å²) in [5.74, 6) is 0.274. The van der Waals surface area contributed by atoms with Crippen LogP contribution in [-0.4, -0.2) is 12.4 Å². The Morgan fingerprint density at radius 2 is 2.10 bits per heavy atom. The topological polar surface area (TPSA) is 26.3 Å². The van der Waals surface area contributed by atoms with Crippen molar-refractivity contribution in [2.75, 3.05) is 6.61 Å². The van der Waals surface area contributed by atoms with E-state index in [0.29, 0.717) is 22.8 Å². The van der Waals surface area contributed by atoms with Gasteiger partial charge in [0.1, 0.15) is 11.6 Å². The Bertz CT molecular complexity index is 682. The van der Waals surface area contributed by atoms with E-state index in [1.807, 2.05) is 6.07 Å². The van der Waals surface area contributed by atoms with E-state index in [9.17, 15) is 9.18 Å². The van der Waals surface area contributed by atoms with Gasteiger partial charge in [-0.1, -0.05) is 17.7 Å². The summed E-state index contributed by atoms with van der Waals surface area (Å²) in [7, 11) is 0. The van der Waals surface area contributed by atoms with Crippen LogP contribution in [0.15, 0.2) is 36.4 Å². The van der Waals surface area contributed by atoms with Crippen molar-refractivity contribution in [2.24, 2.45) is 0 Å². The molecule has 0 spiro atoms. The standard InChI is InChI=1S/C16H12ClFO2/c17-13-3-1-10(14(18)9-13)8-15(19)11-2-4-16-12(7-11)5-6-20-16/h1-4,7,9H,5-6,8H2. The van der Waals surface area contributed by atoms with Crippen molar-refractivity contribution in [1.82, 2.24) is 0 Å². The Balaban J connectivity index is 1.82. The molecule has 1 aliphatic rings. The Morgan fingerprint density at radius 1 is 1.25 bits per heavy atom. The monoisotopic (exact) mass is 290 g/mol. The van der Waals surface area contributed by atoms with Crippen LogP contribution in [0.2, 0.25) is 5.02 Å². The molecule has 0 saturated carbocycles. The zero-order chi connectivity index (χ0) is 14.1. The van der Waals surface area contributed by atoms with Gasteiger partial charge in [-0.2, -0.15) is 0 Å². The molecule has 0 unspecified atom stereocenters. The lowest BCUT2D eigenvalue weighted by Crippen LogP contribution is -2.05. The maximum absolute atomic E-state index is 13.7. The molecule has 0 fully saturated rings. The van der Waals surface area contributed by atoms with Crippen LogP contribution in [0.3, 0.4) is 0 Å². The molecule has 0 radical (unpaired) electrons. The van der Waals surface area contributed by atoms with E-state index in [1.165, 1.54) is 6.07 Å². The minimum Gasteiger partial charge on any atom is -0.493 e. The van der Waals surface area contributed by atoms with E-state index >= 15 is 0 Å². The average molecular weight is 291 g/mol. The molecule has 0 amide bonds. The predicted octanol–water partition coefficient (Wildman–Crippen LogP) is 3.84. The largest absolute Gasteiger partial charge is 0.493 e. The molecule has 2 aromatic carbocycles. The van der Waals surface area contributed by atoms with Gasteiger partial charge in [0.25, 0.3) is 0 Å². The number of hydrogen-bond acceptors (Lipinski definition) is 2. The highest BCUT2D eigenvalue weighted by Gasteiger charge is 2.16. The molecule has 20 heavy (non-hydrogen) atoms. The maximum Gasteiger partial charge on any atom is 0.167 e. The highest BCUT2D eigenvalue weighted by molar-refractivity contribution is 6.30. The van der Waals surface area contributed by atoms with Crippen LogP contribution in [0.1, 0.15) is 21.5 Å². The maximum atomic E-state index is 13.7. The zero-order valence-electron chi connectivity index (χ0n) is 10.7. The molecule has 2 nitrogen and oxygen atoms in total. The number of carbonyl (C=O) groups excluding carboxylic acids is 1. The van der Waals surface area contributed by atoms with Crippen molar-refractivity contribution in [2.45, 2.75) is 12.8 Å². The average Bonchev–Trinajstić information content (AvgIpc) is 2.89. The van der Waals surface area contributed by atoms with Crippen molar-refractivity contribution in [3.8, 4) is 5.75 Å². The molecule has 0 N–H and O–H groups in total. The summed E-state index contributed by atoms with van der Waals surface area (Å²) in [6.07, 6.45) is 0.842. The van der Waals surface area contributed by atoms with Gasteiger partial charge in [0, 0.05) is 23.4 Å². The summed E-state index contributed by atoms with van der Waals surface area (Å²) in [5, 5.41) is 0.327. The molecule has 0 atom stereocenters. The number of halogens is 2. The normalized spacial score (nSPS) is 12.9. The highest BCUT2D eigenvalue weighted by atomic mass is 35.5. The number of ether oxygens (including phenoxy) is 1. The minimum atomic E-state index is -0.449. The van der Waals surface area contributed by atoms with Crippen LogP contribution in [-0.2, 0) is 12.8 Å². The number of Topliss-reactive ketones (excluding diaryl/α,β-unsaturated/α-hetero) is 1. The molecule has 1 aliphatic heterocycles. The predicted molar refractivity (Wildman–Crippen MR) is 75.1 cm³/mol. The van der Waals surface area contributed by atoms with Crippen LogP contribution in [0.5, 0.6) is 5.75 Å². The Morgan fingerprint density at radius 3 is 2.90 bits per heavy atom. The second-order valence-corrected chi connectivity index (χ2v) is 5.19. The quantitative estimate of drug-likeness (QED) is 0.803. The number of fused-ring (bicyclic) bond motifs is 1. The first kappa shape index (κ1) is 13.1. The number of ketones is 1. The van der Waals surface area contributed by atoms with Crippen LogP contribution < -0.4 is 4.74 Å². The Hall–Kier alpha value is -1.87. The lowest BCUT2D eigenvalue weighted by molar-refractivity contribution is 0.0991. The van der Waals surface area contributed by atoms with Crippen molar-refractivity contribution >= 4 is 17.4 Å². The van der Waals surface area contributed by atoms with Crippen LogP contribution in [0.25, 0.3) is 0 Å². The zero-order valence-corrected chi connectivity index (χ0v) is 11.4. The van der Waals surface area contributed by atoms with Gasteiger partial charge in [-0.25, -0.2) is 4.39 Å². The third-order valence-corrected chi connectivity index (χ3v) is 3.61. The molecular formula is C16H12ClFO2. The summed E-state index contributed by atoms with van der Waals surface area (Å²) in [6, 6.07) is 9.71. The Labute approximate surface area is 121 Å². The Kier molecular flexibility index (Phi) is 3.45. The second kappa shape index (κ2) is 5.25. The van der Waals surface area contributed by atoms with Crippen molar-refractivity contribution in [3.63, 3.8) is 0 Å². The van der Waals surface area contributed by atoms with Gasteiger partial charge >= 0.3 is 0 Å². The lowest BCUT2D eigenvalue weighted by Gasteiger charge is -2.05. The van der Waals surface area contributed by atoms with Crippen LogP contribution >= 0.6 is 11.6 Å². The van der Waals surface area contributed by atoms with E-state index in [1.54, 1.807) is 24.3 Å². The summed E-state index contributed by atoms with van der Waals surface area (Å²) in [6.45, 7) is 0.652. The molecule has 0 saturated heterocycles. The molecule has 0 aliphatic carbocycles. The van der Waals surface area contributed by atoms with E-state index < -0.39 is 5.82 Å². The molecule has 0 aromatic heterocycles. The first-order chi connectivity index (χ1) is 9.63. The van der Waals surface area contributed by atoms with Crippen LogP contribution in [0.4, 0.5) is 4.39 Å². The lowest BCUT2D eigenvalue weighted by atomic mass is 10.00. The van der Waals surface area contributed by atoms with E-state index in [-0.39, 0.29) is 12.2 Å². The number of carbonyl (C=O) groups is 1. The van der Waals surface area contributed by atoms with E-state index in [4.69, 9.17) is 16.3 Å². The minimum absolute atomic E-state index is 0.0304. The van der Waals surface area contributed by atoms with Gasteiger partial charge in [0.05, 0.1) is 6.61 Å². The van der Waals surface area contributed by atoms with Gasteiger partial charge < -0.3 is 4.74 Å². The van der Waals surface area contributed by atoms with Crippen molar-refractivity contribution < 1.29 is 13.9 Å². The number of hydrogen-bond donors (Lipinski definition) is 0. The number of benzene rings is 2. The fourth-order valence-corrected chi connectivity index (χ4v) is 2.46. The SMILES string of the molecule is O=C(Cc1ccc(Cl)cc1F)c1ccc2c(c1)CCO2. The molecule has 0 bridgehead atoms. The fourth-order valence-electron chi connectivity index (χ4n) is 2.30. The number of rotatable bonds is 3. The second-order valence-electron chi connectivity index (χ2n) is 4.76. The molecule has 1 heterocycles. The molecule has 3 rings (SSSR count). The summed E-state index contributed by atoms with van der Waals surface area (Å²) in [4.78, 5) is 12.2. The molecule has 2 aromatic rings. The van der Waals surface area contributed by atoms with E-state index in [0.717, 1.165) is 17.7 Å². The third kappa shape index (κ3) is 2.54. The summed E-state index contributed by atoms with van der Waals surface area (Å²) in [5.41, 5.74) is 1.98. The van der Waals surface area contributed by atoms with Crippen molar-refractivity contribution in [3.05, 3.63) is 63.9 Å². The molecular weight excluding hydrogens is 279 g/mol. The fraction of sp³-hybridized carbons (Fsp3) is 0.188. The van der Waals surface area contributed by atoms with Crippen LogP contribution in [0, 0.1) is 5.82 Å². The highest BCUT2D eigenvalue weighted by Crippen LogP contribution is 2.26. The first-order valence-corrected chi connectivity index (χ1v) is 6.74.